The Morgan fingerprint density at radius 1 is 0.929 bits per heavy atom. The van der Waals surface area contributed by atoms with Gasteiger partial charge in [-0.3, -0.25) is 4.90 Å². The van der Waals surface area contributed by atoms with Crippen LogP contribution in [0.4, 0.5) is 0 Å². The van der Waals surface area contributed by atoms with Gasteiger partial charge in [0, 0.05) is 11.6 Å². The lowest BCUT2D eigenvalue weighted by Gasteiger charge is -2.46. The zero-order chi connectivity index (χ0) is 11.6. The third-order valence-corrected chi connectivity index (χ3v) is 2.96. The summed E-state index contributed by atoms with van der Waals surface area (Å²) in [6, 6.07) is 0.674. The molecule has 1 nitrogen and oxygen atoms in total. The van der Waals surface area contributed by atoms with E-state index in [0.717, 1.165) is 6.54 Å². The van der Waals surface area contributed by atoms with E-state index in [4.69, 9.17) is 0 Å². The van der Waals surface area contributed by atoms with Crippen molar-refractivity contribution < 1.29 is 0 Å². The van der Waals surface area contributed by atoms with E-state index in [0.29, 0.717) is 11.5 Å². The van der Waals surface area contributed by atoms with Gasteiger partial charge >= 0.3 is 0 Å². The maximum Gasteiger partial charge on any atom is 0.0146 e. The second kappa shape index (κ2) is 4.65. The van der Waals surface area contributed by atoms with Crippen molar-refractivity contribution in [1.29, 1.82) is 0 Å². The van der Waals surface area contributed by atoms with Crippen molar-refractivity contribution in [1.82, 2.24) is 4.90 Å². The molecule has 1 atom stereocenters. The number of hydrogen-bond donors (Lipinski definition) is 0. The average Bonchev–Trinajstić information content (AvgIpc) is 1.94. The second-order valence-corrected chi connectivity index (χ2v) is 6.25. The molecule has 1 heteroatoms. The molecule has 0 heterocycles. The molecule has 14 heavy (non-hydrogen) atoms. The van der Waals surface area contributed by atoms with Crippen molar-refractivity contribution in [2.24, 2.45) is 5.41 Å². The summed E-state index contributed by atoms with van der Waals surface area (Å²) >= 11 is 0. The maximum atomic E-state index is 2.62. The zero-order valence-corrected chi connectivity index (χ0v) is 11.4. The molecule has 0 saturated heterocycles. The highest BCUT2D eigenvalue weighted by Crippen LogP contribution is 2.31. The van der Waals surface area contributed by atoms with E-state index in [2.05, 4.69) is 60.3 Å². The van der Waals surface area contributed by atoms with Gasteiger partial charge in [-0.1, -0.05) is 34.6 Å². The van der Waals surface area contributed by atoms with Gasteiger partial charge in [-0.05, 0) is 39.2 Å². The number of nitrogens with zero attached hydrogens (tertiary/aromatic N) is 1. The molecule has 0 saturated carbocycles. The van der Waals surface area contributed by atoms with Gasteiger partial charge in [-0.15, -0.1) is 0 Å². The Labute approximate surface area is 90.9 Å². The molecular weight excluding hydrogens is 170 g/mol. The molecule has 0 bridgehead atoms. The first-order valence-electron chi connectivity index (χ1n) is 5.91. The second-order valence-electron chi connectivity index (χ2n) is 6.25. The third-order valence-electron chi connectivity index (χ3n) is 2.96. The molecule has 0 aliphatic rings. The van der Waals surface area contributed by atoms with Crippen molar-refractivity contribution in [2.75, 3.05) is 6.54 Å². The fourth-order valence-electron chi connectivity index (χ4n) is 2.46. The molecule has 0 aromatic rings. The Bertz CT molecular complexity index is 139. The monoisotopic (exact) mass is 199 g/mol. The lowest BCUT2D eigenvalue weighted by atomic mass is 9.82. The summed E-state index contributed by atoms with van der Waals surface area (Å²) in [6.07, 6.45) is 1.23. The maximum absolute atomic E-state index is 2.62. The Hall–Kier alpha value is -0.0400. The first-order valence-corrected chi connectivity index (χ1v) is 5.91. The molecule has 0 spiro atoms. The topological polar surface area (TPSA) is 3.24 Å². The van der Waals surface area contributed by atoms with E-state index < -0.39 is 0 Å². The van der Waals surface area contributed by atoms with Crippen LogP contribution >= 0.6 is 0 Å². The van der Waals surface area contributed by atoms with E-state index in [1.54, 1.807) is 0 Å². The first-order chi connectivity index (χ1) is 6.14. The van der Waals surface area contributed by atoms with Crippen molar-refractivity contribution in [3.63, 3.8) is 0 Å². The SMILES string of the molecule is CCC(N(CC)C(C)(C)C)C(C)(C)C. The normalized spacial score (nSPS) is 16.1. The van der Waals surface area contributed by atoms with Crippen LogP contribution in [0.2, 0.25) is 0 Å². The molecule has 0 N–H and O–H groups in total. The van der Waals surface area contributed by atoms with Crippen molar-refractivity contribution in [3.8, 4) is 0 Å². The van der Waals surface area contributed by atoms with E-state index in [1.807, 2.05) is 0 Å². The molecule has 86 valence electrons. The molecule has 1 unspecified atom stereocenters. The predicted molar refractivity (Wildman–Crippen MR) is 65.7 cm³/mol. The Morgan fingerprint density at radius 3 is 1.43 bits per heavy atom. The van der Waals surface area contributed by atoms with Crippen LogP contribution in [0.25, 0.3) is 0 Å². The Morgan fingerprint density at radius 2 is 1.36 bits per heavy atom. The van der Waals surface area contributed by atoms with Gasteiger partial charge in [-0.25, -0.2) is 0 Å². The van der Waals surface area contributed by atoms with Crippen LogP contribution in [-0.2, 0) is 0 Å². The van der Waals surface area contributed by atoms with E-state index in [-0.39, 0.29) is 5.54 Å². The van der Waals surface area contributed by atoms with Gasteiger partial charge < -0.3 is 0 Å². The lowest BCUT2D eigenvalue weighted by molar-refractivity contribution is 0.0247. The minimum absolute atomic E-state index is 0.280. The van der Waals surface area contributed by atoms with Crippen LogP contribution in [-0.4, -0.2) is 23.0 Å². The summed E-state index contributed by atoms with van der Waals surface area (Å²) in [5.41, 5.74) is 0.654. The number of rotatable bonds is 3. The average molecular weight is 199 g/mol. The highest BCUT2D eigenvalue weighted by molar-refractivity contribution is 4.88. The standard InChI is InChI=1S/C13H29N/c1-9-11(12(3,4)5)14(10-2)13(6,7)8/h11H,9-10H2,1-8H3. The van der Waals surface area contributed by atoms with Gasteiger partial charge in [0.15, 0.2) is 0 Å². The minimum atomic E-state index is 0.280. The molecule has 0 amide bonds. The molecule has 0 aromatic heterocycles. The lowest BCUT2D eigenvalue weighted by Crippen LogP contribution is -2.52. The van der Waals surface area contributed by atoms with Crippen molar-refractivity contribution in [2.45, 2.75) is 73.4 Å². The molecule has 0 aliphatic heterocycles. The highest BCUT2D eigenvalue weighted by Gasteiger charge is 2.33. The van der Waals surface area contributed by atoms with Crippen LogP contribution in [0.1, 0.15) is 61.8 Å². The van der Waals surface area contributed by atoms with Crippen LogP contribution < -0.4 is 0 Å². The van der Waals surface area contributed by atoms with E-state index in [1.165, 1.54) is 6.42 Å². The third kappa shape index (κ3) is 3.61. The fourth-order valence-corrected chi connectivity index (χ4v) is 2.46. The number of hydrogen-bond acceptors (Lipinski definition) is 1. The van der Waals surface area contributed by atoms with E-state index >= 15 is 0 Å². The Kier molecular flexibility index (Phi) is 4.64. The molecule has 0 aliphatic carbocycles. The molecule has 0 radical (unpaired) electrons. The summed E-state index contributed by atoms with van der Waals surface area (Å²) < 4.78 is 0. The summed E-state index contributed by atoms with van der Waals surface area (Å²) in [7, 11) is 0. The molecule has 0 aromatic carbocycles. The van der Waals surface area contributed by atoms with Crippen molar-refractivity contribution in [3.05, 3.63) is 0 Å². The first kappa shape index (κ1) is 14.0. The highest BCUT2D eigenvalue weighted by atomic mass is 15.2. The summed E-state index contributed by atoms with van der Waals surface area (Å²) in [4.78, 5) is 2.62. The van der Waals surface area contributed by atoms with Gasteiger partial charge in [0.25, 0.3) is 0 Å². The predicted octanol–water partition coefficient (Wildman–Crippen LogP) is 3.93. The van der Waals surface area contributed by atoms with Gasteiger partial charge in [0.05, 0.1) is 0 Å². The van der Waals surface area contributed by atoms with Gasteiger partial charge in [-0.2, -0.15) is 0 Å². The van der Waals surface area contributed by atoms with Crippen LogP contribution in [0, 0.1) is 5.41 Å². The van der Waals surface area contributed by atoms with Crippen LogP contribution in [0.3, 0.4) is 0 Å². The quantitative estimate of drug-likeness (QED) is 0.665. The van der Waals surface area contributed by atoms with Gasteiger partial charge in [0.1, 0.15) is 0 Å². The zero-order valence-electron chi connectivity index (χ0n) is 11.4. The van der Waals surface area contributed by atoms with E-state index in [9.17, 15) is 0 Å². The summed E-state index contributed by atoms with van der Waals surface area (Å²) in [5, 5.41) is 0. The molecule has 0 fully saturated rings. The Balaban J connectivity index is 4.81. The van der Waals surface area contributed by atoms with Crippen LogP contribution in [0.5, 0.6) is 0 Å². The molecular formula is C13H29N. The van der Waals surface area contributed by atoms with Crippen molar-refractivity contribution >= 4 is 0 Å². The summed E-state index contributed by atoms with van der Waals surface area (Å²) in [5.74, 6) is 0. The van der Waals surface area contributed by atoms with Crippen LogP contribution in [0.15, 0.2) is 0 Å². The molecule has 0 rings (SSSR count). The smallest absolute Gasteiger partial charge is 0.0146 e. The summed E-state index contributed by atoms with van der Waals surface area (Å²) in [6.45, 7) is 19.7. The van der Waals surface area contributed by atoms with Gasteiger partial charge in [0.2, 0.25) is 0 Å². The largest absolute Gasteiger partial charge is 0.295 e. The fraction of sp³-hybridized carbons (Fsp3) is 1.00. The minimum Gasteiger partial charge on any atom is -0.295 e.